The van der Waals surface area contributed by atoms with E-state index in [4.69, 9.17) is 10.2 Å². The average Bonchev–Trinajstić information content (AvgIpc) is 2.38. The van der Waals surface area contributed by atoms with Gasteiger partial charge in [-0.1, -0.05) is 0 Å². The van der Waals surface area contributed by atoms with Gasteiger partial charge in [0.25, 0.3) is 0 Å². The van der Waals surface area contributed by atoms with Crippen molar-refractivity contribution in [2.75, 3.05) is 19.7 Å². The molecule has 0 spiro atoms. The van der Waals surface area contributed by atoms with Gasteiger partial charge in [0.05, 0.1) is 5.41 Å². The van der Waals surface area contributed by atoms with Crippen LogP contribution in [0, 0.1) is 17.3 Å². The first-order chi connectivity index (χ1) is 5.23. The Morgan fingerprint density at radius 1 is 1.73 bits per heavy atom. The Kier molecular flexibility index (Phi) is 1.25. The van der Waals surface area contributed by atoms with E-state index in [9.17, 15) is 4.79 Å². The van der Waals surface area contributed by atoms with Crippen LogP contribution in [-0.2, 0) is 4.79 Å². The lowest BCUT2D eigenvalue weighted by molar-refractivity contribution is -0.143. The third kappa shape index (κ3) is 0.636. The van der Waals surface area contributed by atoms with Crippen LogP contribution in [-0.4, -0.2) is 35.9 Å². The Hall–Kier alpha value is -0.610. The van der Waals surface area contributed by atoms with Crippen LogP contribution in [0.2, 0.25) is 0 Å². The number of carboxylic acids is 1. The zero-order valence-electron chi connectivity index (χ0n) is 6.03. The van der Waals surface area contributed by atoms with E-state index < -0.39 is 11.4 Å². The maximum absolute atomic E-state index is 10.8. The molecule has 0 aromatic rings. The zero-order chi connectivity index (χ0) is 8.06. The van der Waals surface area contributed by atoms with Crippen molar-refractivity contribution < 1.29 is 15.0 Å². The molecule has 4 nitrogen and oxygen atoms in total. The minimum Gasteiger partial charge on any atom is -0.481 e. The highest BCUT2D eigenvalue weighted by Gasteiger charge is 2.72. The minimum atomic E-state index is -0.789. The molecule has 1 saturated heterocycles. The maximum atomic E-state index is 10.8. The second-order valence-electron chi connectivity index (χ2n) is 3.31. The summed E-state index contributed by atoms with van der Waals surface area (Å²) in [5, 5.41) is 21.7. The molecular formula is C7H10NO3. The van der Waals surface area contributed by atoms with Crippen molar-refractivity contribution in [1.29, 1.82) is 0 Å². The van der Waals surface area contributed by atoms with Crippen LogP contribution in [0.5, 0.6) is 0 Å². The molecule has 2 rings (SSSR count). The first-order valence-corrected chi connectivity index (χ1v) is 3.71. The number of fused-ring (bicyclic) bond motifs is 1. The van der Waals surface area contributed by atoms with Crippen molar-refractivity contribution in [2.45, 2.75) is 0 Å². The monoisotopic (exact) mass is 156 g/mol. The van der Waals surface area contributed by atoms with Gasteiger partial charge in [0.2, 0.25) is 0 Å². The van der Waals surface area contributed by atoms with Crippen molar-refractivity contribution in [3.8, 4) is 0 Å². The summed E-state index contributed by atoms with van der Waals surface area (Å²) in [4.78, 5) is 10.8. The Bertz CT molecular complexity index is 200. The van der Waals surface area contributed by atoms with Crippen LogP contribution >= 0.6 is 0 Å². The van der Waals surface area contributed by atoms with E-state index in [1.54, 1.807) is 0 Å². The van der Waals surface area contributed by atoms with Crippen LogP contribution in [0.25, 0.3) is 0 Å². The molecule has 3 atom stereocenters. The fraction of sp³-hybridized carbons (Fsp3) is 0.857. The third-order valence-electron chi connectivity index (χ3n) is 2.99. The number of aliphatic carboxylic acids is 1. The molecule has 0 bridgehead atoms. The number of carboxylic acid groups (broad SMARTS) is 1. The summed E-state index contributed by atoms with van der Waals surface area (Å²) >= 11 is 0. The first-order valence-electron chi connectivity index (χ1n) is 3.71. The summed E-state index contributed by atoms with van der Waals surface area (Å²) in [6, 6.07) is 0. The van der Waals surface area contributed by atoms with Crippen molar-refractivity contribution in [3.05, 3.63) is 0 Å². The van der Waals surface area contributed by atoms with Crippen molar-refractivity contribution in [2.24, 2.45) is 17.3 Å². The molecule has 61 valence electrons. The van der Waals surface area contributed by atoms with Crippen molar-refractivity contribution in [3.63, 3.8) is 0 Å². The molecule has 2 N–H and O–H groups in total. The summed E-state index contributed by atoms with van der Waals surface area (Å²) in [5.74, 6) is -0.703. The number of rotatable bonds is 2. The second-order valence-corrected chi connectivity index (χ2v) is 3.31. The van der Waals surface area contributed by atoms with Crippen molar-refractivity contribution in [1.82, 2.24) is 5.32 Å². The predicted molar refractivity (Wildman–Crippen MR) is 36.0 cm³/mol. The first kappa shape index (κ1) is 7.06. The van der Waals surface area contributed by atoms with Gasteiger partial charge in [-0.3, -0.25) is 4.79 Å². The van der Waals surface area contributed by atoms with Gasteiger partial charge in [-0.15, -0.1) is 0 Å². The van der Waals surface area contributed by atoms with Crippen LogP contribution in [0.4, 0.5) is 0 Å². The van der Waals surface area contributed by atoms with Crippen LogP contribution in [0.3, 0.4) is 0 Å². The molecule has 0 amide bonds. The maximum Gasteiger partial charge on any atom is 0.311 e. The van der Waals surface area contributed by atoms with Gasteiger partial charge in [0.1, 0.15) is 0 Å². The fourth-order valence-corrected chi connectivity index (χ4v) is 2.19. The lowest BCUT2D eigenvalue weighted by atomic mass is 10.1. The molecule has 1 saturated carbocycles. The number of aliphatic hydroxyl groups excluding tert-OH is 1. The highest BCUT2D eigenvalue weighted by atomic mass is 16.4. The van der Waals surface area contributed by atoms with Crippen molar-refractivity contribution >= 4 is 5.97 Å². The summed E-state index contributed by atoms with van der Waals surface area (Å²) in [6.45, 7) is 1.02. The zero-order valence-corrected chi connectivity index (χ0v) is 6.03. The van der Waals surface area contributed by atoms with E-state index in [1.807, 2.05) is 0 Å². The highest BCUT2D eigenvalue weighted by molar-refractivity contribution is 5.80. The van der Waals surface area contributed by atoms with E-state index in [0.29, 0.717) is 13.1 Å². The molecule has 1 aliphatic heterocycles. The topological polar surface area (TPSA) is 71.6 Å². The van der Waals surface area contributed by atoms with Crippen LogP contribution < -0.4 is 5.32 Å². The summed E-state index contributed by atoms with van der Waals surface area (Å²) in [6.07, 6.45) is 0. The lowest BCUT2D eigenvalue weighted by Gasteiger charge is -2.06. The standard InChI is InChI=1S/C7H10NO3/c9-2-5-4-1-8-3-7(4,5)6(10)11/h4-5,9H,1-3H2,(H,10,11). The third-order valence-corrected chi connectivity index (χ3v) is 2.99. The summed E-state index contributed by atoms with van der Waals surface area (Å²) in [7, 11) is 0. The van der Waals surface area contributed by atoms with E-state index in [0.717, 1.165) is 0 Å². The van der Waals surface area contributed by atoms with E-state index in [-0.39, 0.29) is 18.4 Å². The van der Waals surface area contributed by atoms with E-state index in [2.05, 4.69) is 5.32 Å². The number of aliphatic hydroxyl groups is 1. The number of hydrogen-bond donors (Lipinski definition) is 2. The molecule has 0 aromatic carbocycles. The predicted octanol–water partition coefficient (Wildman–Crippen LogP) is -1.09. The summed E-state index contributed by atoms with van der Waals surface area (Å²) in [5.41, 5.74) is -0.672. The average molecular weight is 156 g/mol. The highest BCUT2D eigenvalue weighted by Crippen LogP contribution is 2.61. The van der Waals surface area contributed by atoms with Gasteiger partial charge in [-0.25, -0.2) is 5.32 Å². The van der Waals surface area contributed by atoms with Gasteiger partial charge in [-0.05, 0) is 5.92 Å². The van der Waals surface area contributed by atoms with E-state index >= 15 is 0 Å². The molecule has 1 aliphatic carbocycles. The lowest BCUT2D eigenvalue weighted by Crippen LogP contribution is -2.25. The molecule has 2 aliphatic rings. The Morgan fingerprint density at radius 2 is 2.45 bits per heavy atom. The number of piperidine rings is 1. The van der Waals surface area contributed by atoms with Gasteiger partial charge in [-0.2, -0.15) is 0 Å². The Labute approximate surface area is 64.2 Å². The molecule has 1 heterocycles. The number of hydrogen-bond acceptors (Lipinski definition) is 2. The van der Waals surface area contributed by atoms with Crippen LogP contribution in [0.1, 0.15) is 0 Å². The smallest absolute Gasteiger partial charge is 0.311 e. The number of carbonyl (C=O) groups is 1. The van der Waals surface area contributed by atoms with E-state index in [1.165, 1.54) is 0 Å². The molecule has 2 fully saturated rings. The van der Waals surface area contributed by atoms with Gasteiger partial charge < -0.3 is 10.2 Å². The Morgan fingerprint density at radius 3 is 2.82 bits per heavy atom. The largest absolute Gasteiger partial charge is 0.481 e. The molecule has 4 heteroatoms. The second kappa shape index (κ2) is 1.95. The van der Waals surface area contributed by atoms with Gasteiger partial charge >= 0.3 is 5.97 Å². The SMILES string of the molecule is O=C(O)C12C[N]CC1C2CO. The number of nitrogens with zero attached hydrogens (tertiary/aromatic N) is 1. The van der Waals surface area contributed by atoms with Gasteiger partial charge in [0, 0.05) is 25.6 Å². The van der Waals surface area contributed by atoms with Crippen LogP contribution in [0.15, 0.2) is 0 Å². The molecular weight excluding hydrogens is 146 g/mol. The molecule has 0 aromatic heterocycles. The fourth-order valence-electron chi connectivity index (χ4n) is 2.19. The molecule has 3 unspecified atom stereocenters. The quantitative estimate of drug-likeness (QED) is 0.534. The minimum absolute atomic E-state index is 0.00745. The summed E-state index contributed by atoms with van der Waals surface area (Å²) < 4.78 is 0. The van der Waals surface area contributed by atoms with Gasteiger partial charge in [0.15, 0.2) is 0 Å². The molecule has 1 radical (unpaired) electrons. The normalized spacial score (nSPS) is 47.0. The Balaban J connectivity index is 2.19. The molecule has 11 heavy (non-hydrogen) atoms.